The number of carbonyl (C=O) groups is 3. The molecule has 1 aromatic heterocycles. The van der Waals surface area contributed by atoms with Crippen LogP contribution in [0.1, 0.15) is 127 Å². The monoisotopic (exact) mass is 687 g/mol. The fourth-order valence-corrected chi connectivity index (χ4v) is 6.73. The van der Waals surface area contributed by atoms with E-state index in [0.29, 0.717) is 36.7 Å². The Bertz CT molecular complexity index is 1280. The first-order valence-corrected chi connectivity index (χ1v) is 18.5. The number of hydrogen-bond donors (Lipinski definition) is 4. The van der Waals surface area contributed by atoms with Gasteiger partial charge in [-0.05, 0) is 69.6 Å². The zero-order chi connectivity index (χ0) is 36.0. The first kappa shape index (κ1) is 41.2. The average molecular weight is 688 g/mol. The van der Waals surface area contributed by atoms with E-state index in [9.17, 15) is 19.5 Å². The number of aromatic nitrogens is 1. The second kappa shape index (κ2) is 19.8. The lowest BCUT2D eigenvalue weighted by atomic mass is 9.84. The van der Waals surface area contributed by atoms with Gasteiger partial charge in [0.25, 0.3) is 5.91 Å². The topological polar surface area (TPSA) is 161 Å². The first-order valence-electron chi connectivity index (χ1n) is 17.7. The Morgan fingerprint density at radius 1 is 1.06 bits per heavy atom. The minimum atomic E-state index is -1.05. The summed E-state index contributed by atoms with van der Waals surface area (Å²) < 4.78 is 6.24. The second-order valence-corrected chi connectivity index (χ2v) is 15.0. The number of carboxylic acids is 1. The molecule has 2 rings (SSSR count). The summed E-state index contributed by atoms with van der Waals surface area (Å²) in [5.74, 6) is -1.12. The fourth-order valence-electron chi connectivity index (χ4n) is 5.87. The molecule has 0 radical (unpaired) electrons. The maximum absolute atomic E-state index is 13.9. The lowest BCUT2D eigenvalue weighted by Gasteiger charge is -2.38. The molecular formula is C37H61N5O5S. The van der Waals surface area contributed by atoms with E-state index in [4.69, 9.17) is 21.2 Å². The molecule has 2 amide bonds. The van der Waals surface area contributed by atoms with E-state index in [1.807, 2.05) is 30.9 Å². The van der Waals surface area contributed by atoms with Crippen molar-refractivity contribution in [2.75, 3.05) is 18.9 Å². The highest BCUT2D eigenvalue weighted by atomic mass is 32.1. The van der Waals surface area contributed by atoms with E-state index in [2.05, 4.69) is 33.0 Å². The lowest BCUT2D eigenvalue weighted by molar-refractivity contribution is -0.147. The highest BCUT2D eigenvalue weighted by Gasteiger charge is 2.35. The van der Waals surface area contributed by atoms with Gasteiger partial charge < -0.3 is 31.5 Å². The molecule has 6 N–H and O–H groups in total. The molecule has 48 heavy (non-hydrogen) atoms. The molecular weight excluding hydrogens is 627 g/mol. The summed E-state index contributed by atoms with van der Waals surface area (Å²) in [6, 6.07) is 6.19. The summed E-state index contributed by atoms with van der Waals surface area (Å²) in [6.07, 6.45) is 5.79. The third-order valence-electron chi connectivity index (χ3n) is 9.23. The summed E-state index contributed by atoms with van der Waals surface area (Å²) in [5, 5.41) is 15.2. The minimum absolute atomic E-state index is 0.0227. The van der Waals surface area contributed by atoms with Gasteiger partial charge in [0.05, 0.1) is 11.5 Å². The van der Waals surface area contributed by atoms with Gasteiger partial charge in [-0.1, -0.05) is 72.4 Å². The molecule has 2 aromatic rings. The molecule has 0 spiro atoms. The zero-order valence-corrected chi connectivity index (χ0v) is 31.3. The van der Waals surface area contributed by atoms with Gasteiger partial charge >= 0.3 is 5.97 Å². The minimum Gasteiger partial charge on any atom is -0.481 e. The number of carbonyl (C=O) groups excluding carboxylic acids is 2. The van der Waals surface area contributed by atoms with Crippen molar-refractivity contribution in [3.63, 3.8) is 0 Å². The van der Waals surface area contributed by atoms with Crippen LogP contribution >= 0.6 is 11.3 Å². The maximum atomic E-state index is 13.9. The SMILES string of the molecule is CCCCCCN(C(=O)[C@@H](N)[C@@H](C)CC)[C@H](C[C@@H](OCC)c1nc(C(=O)N[C@@H](Cc2ccc(N)cc2)CC(C)(C)C(=O)O)cs1)C(C)C. The Kier molecular flexibility index (Phi) is 17.0. The van der Waals surface area contributed by atoms with E-state index in [1.54, 1.807) is 31.4 Å². The van der Waals surface area contributed by atoms with Crippen LogP contribution in [0.2, 0.25) is 0 Å². The van der Waals surface area contributed by atoms with E-state index in [0.717, 1.165) is 37.7 Å². The number of rotatable bonds is 22. The number of benzene rings is 1. The van der Waals surface area contributed by atoms with Crippen LogP contribution in [0.25, 0.3) is 0 Å². The number of ether oxygens (including phenoxy) is 1. The highest BCUT2D eigenvalue weighted by Crippen LogP contribution is 2.32. The molecule has 1 aromatic carbocycles. The predicted molar refractivity (Wildman–Crippen MR) is 195 cm³/mol. The smallest absolute Gasteiger partial charge is 0.309 e. The van der Waals surface area contributed by atoms with E-state index >= 15 is 0 Å². The summed E-state index contributed by atoms with van der Waals surface area (Å²) >= 11 is 1.36. The molecule has 0 unspecified atom stereocenters. The Morgan fingerprint density at radius 3 is 2.29 bits per heavy atom. The van der Waals surface area contributed by atoms with Gasteiger partial charge in [0, 0.05) is 42.7 Å². The third kappa shape index (κ3) is 12.5. The van der Waals surface area contributed by atoms with Crippen LogP contribution in [0.4, 0.5) is 5.69 Å². The molecule has 0 aliphatic carbocycles. The summed E-state index contributed by atoms with van der Waals surface area (Å²) in [5.41, 5.74) is 13.1. The van der Waals surface area contributed by atoms with Crippen molar-refractivity contribution in [3.8, 4) is 0 Å². The number of amides is 2. The quantitative estimate of drug-likeness (QED) is 0.0773. The molecule has 0 aliphatic rings. The van der Waals surface area contributed by atoms with Gasteiger partial charge in [-0.3, -0.25) is 14.4 Å². The standard InChI is InChI=1S/C37H61N5O5S/c1-9-12-13-14-19-42(35(44)32(39)25(6)10-2)30(24(4)5)21-31(47-11-3)34-41-29(23-48-34)33(43)40-28(22-37(7,8)36(45)46)20-26-15-17-27(38)18-16-26/h15-18,23-25,28,30-32H,9-14,19-22,38-39H2,1-8H3,(H,40,43)(H,45,46)/t25-,28-,30+,31+,32-/m0/s1. The van der Waals surface area contributed by atoms with Crippen molar-refractivity contribution in [2.24, 2.45) is 23.0 Å². The molecule has 0 fully saturated rings. The number of aliphatic carboxylic acids is 1. The molecule has 270 valence electrons. The summed E-state index contributed by atoms with van der Waals surface area (Å²) in [4.78, 5) is 46.1. The van der Waals surface area contributed by atoms with Crippen LogP contribution in [-0.4, -0.2) is 64.1 Å². The van der Waals surface area contributed by atoms with Crippen LogP contribution < -0.4 is 16.8 Å². The van der Waals surface area contributed by atoms with Gasteiger partial charge in [-0.2, -0.15) is 0 Å². The van der Waals surface area contributed by atoms with Crippen LogP contribution in [-0.2, 0) is 20.7 Å². The van der Waals surface area contributed by atoms with Gasteiger partial charge in [0.1, 0.15) is 16.8 Å². The average Bonchev–Trinajstić information content (AvgIpc) is 3.54. The molecule has 0 saturated carbocycles. The number of hydrogen-bond acceptors (Lipinski definition) is 8. The largest absolute Gasteiger partial charge is 0.481 e. The van der Waals surface area contributed by atoms with Gasteiger partial charge in [0.15, 0.2) is 0 Å². The van der Waals surface area contributed by atoms with Crippen molar-refractivity contribution < 1.29 is 24.2 Å². The number of anilines is 1. The Morgan fingerprint density at radius 2 is 1.73 bits per heavy atom. The molecule has 0 bridgehead atoms. The maximum Gasteiger partial charge on any atom is 0.309 e. The number of unbranched alkanes of at least 4 members (excludes halogenated alkanes) is 3. The molecule has 0 aliphatic heterocycles. The van der Waals surface area contributed by atoms with Crippen LogP contribution in [0.3, 0.4) is 0 Å². The number of nitrogens with one attached hydrogen (secondary N) is 1. The zero-order valence-electron chi connectivity index (χ0n) is 30.5. The van der Waals surface area contributed by atoms with E-state index < -0.39 is 29.6 Å². The number of nitrogen functional groups attached to an aromatic ring is 1. The normalized spacial score (nSPS) is 15.0. The molecule has 11 heteroatoms. The third-order valence-corrected chi connectivity index (χ3v) is 10.2. The number of carboxylic acid groups (broad SMARTS) is 1. The van der Waals surface area contributed by atoms with Gasteiger partial charge in [-0.25, -0.2) is 4.98 Å². The Balaban J connectivity index is 2.34. The Hall–Kier alpha value is -3.02. The van der Waals surface area contributed by atoms with Crippen LogP contribution in [0.5, 0.6) is 0 Å². The van der Waals surface area contributed by atoms with E-state index in [-0.39, 0.29) is 41.8 Å². The number of nitrogens with zero attached hydrogens (tertiary/aromatic N) is 2. The van der Waals surface area contributed by atoms with E-state index in [1.165, 1.54) is 11.3 Å². The first-order chi connectivity index (χ1) is 22.6. The molecule has 5 atom stereocenters. The highest BCUT2D eigenvalue weighted by molar-refractivity contribution is 7.09. The second-order valence-electron chi connectivity index (χ2n) is 14.1. The molecule has 10 nitrogen and oxygen atoms in total. The lowest BCUT2D eigenvalue weighted by Crippen LogP contribution is -2.53. The van der Waals surface area contributed by atoms with Gasteiger partial charge in [0.2, 0.25) is 5.91 Å². The van der Waals surface area contributed by atoms with Crippen LogP contribution in [0.15, 0.2) is 29.6 Å². The molecule has 0 saturated heterocycles. The predicted octanol–water partition coefficient (Wildman–Crippen LogP) is 6.84. The van der Waals surface area contributed by atoms with Crippen molar-refractivity contribution >= 4 is 34.8 Å². The number of nitrogens with two attached hydrogens (primary N) is 2. The van der Waals surface area contributed by atoms with Crippen molar-refractivity contribution in [1.82, 2.24) is 15.2 Å². The molecule has 1 heterocycles. The fraction of sp³-hybridized carbons (Fsp3) is 0.676. The van der Waals surface area contributed by atoms with Crippen molar-refractivity contribution in [3.05, 3.63) is 45.9 Å². The van der Waals surface area contributed by atoms with Gasteiger partial charge in [-0.15, -0.1) is 11.3 Å². The number of thiazole rings is 1. The van der Waals surface area contributed by atoms with Crippen molar-refractivity contribution in [2.45, 2.75) is 131 Å². The van der Waals surface area contributed by atoms with Crippen LogP contribution in [0, 0.1) is 17.3 Å². The summed E-state index contributed by atoms with van der Waals surface area (Å²) in [7, 11) is 0. The summed E-state index contributed by atoms with van der Waals surface area (Å²) in [6.45, 7) is 16.8. The van der Waals surface area contributed by atoms with Crippen molar-refractivity contribution in [1.29, 1.82) is 0 Å². The Labute approximate surface area is 292 Å².